The topological polar surface area (TPSA) is 79.2 Å². The smallest absolute Gasteiger partial charge is 0.319 e. The second-order valence-corrected chi connectivity index (χ2v) is 8.65. The maximum absolute atomic E-state index is 13.0. The Labute approximate surface area is 191 Å². The second kappa shape index (κ2) is 9.29. The van der Waals surface area contributed by atoms with E-state index in [1.165, 1.54) is 18.9 Å². The summed E-state index contributed by atoms with van der Waals surface area (Å²) < 4.78 is 4.90. The molecule has 1 heterocycles. The quantitative estimate of drug-likeness (QED) is 0.453. The van der Waals surface area contributed by atoms with Crippen molar-refractivity contribution in [3.05, 3.63) is 94.0 Å². The highest BCUT2D eigenvalue weighted by Crippen LogP contribution is 2.41. The minimum Gasteiger partial charge on any atom is -0.468 e. The molecule has 0 fully saturated rings. The van der Waals surface area contributed by atoms with Crippen LogP contribution in [0.5, 0.6) is 0 Å². The number of nitriles is 1. The van der Waals surface area contributed by atoms with Gasteiger partial charge in [0.25, 0.3) is 0 Å². The van der Waals surface area contributed by atoms with Crippen molar-refractivity contribution in [3.63, 3.8) is 0 Å². The van der Waals surface area contributed by atoms with Crippen LogP contribution in [0, 0.1) is 24.2 Å². The molecule has 0 saturated heterocycles. The molecule has 2 atom stereocenters. The van der Waals surface area contributed by atoms with Gasteiger partial charge in [-0.2, -0.15) is 5.26 Å². The normalized spacial score (nSPS) is 18.2. The lowest BCUT2D eigenvalue weighted by molar-refractivity contribution is -0.150. The second-order valence-electron chi connectivity index (χ2n) is 7.66. The van der Waals surface area contributed by atoms with E-state index in [1.54, 1.807) is 0 Å². The number of methoxy groups -OCH3 is 1. The molecule has 3 aromatic carbocycles. The van der Waals surface area contributed by atoms with Gasteiger partial charge in [-0.3, -0.25) is 9.59 Å². The first-order valence-electron chi connectivity index (χ1n) is 10.2. The summed E-state index contributed by atoms with van der Waals surface area (Å²) in [7, 11) is 1.25. The summed E-state index contributed by atoms with van der Waals surface area (Å²) in [4.78, 5) is 25.5. The number of allylic oxidation sites excluding steroid dienone is 1. The van der Waals surface area contributed by atoms with E-state index >= 15 is 0 Å². The van der Waals surface area contributed by atoms with Crippen LogP contribution in [-0.2, 0) is 20.1 Å². The van der Waals surface area contributed by atoms with E-state index in [1.807, 2.05) is 55.5 Å². The lowest BCUT2D eigenvalue weighted by Gasteiger charge is -2.31. The average molecular weight is 443 g/mol. The van der Waals surface area contributed by atoms with Gasteiger partial charge in [-0.15, -0.1) is 11.8 Å². The number of nitrogens with one attached hydrogen (secondary N) is 1. The summed E-state index contributed by atoms with van der Waals surface area (Å²) in [5, 5.41) is 15.6. The van der Waals surface area contributed by atoms with Crippen LogP contribution in [0.2, 0.25) is 0 Å². The standard InChI is InChI=1S/C26H22N2O3S/c1-16-10-12-18(13-11-16)22-21(14-27)25(28-24(29)23(22)26(30)31-2)32-15-19-8-5-7-17-6-3-4-9-20(17)19/h3-13,22-23H,15H2,1-2H3,(H,28,29). The molecular weight excluding hydrogens is 420 g/mol. The minimum atomic E-state index is -1.11. The van der Waals surface area contributed by atoms with E-state index in [4.69, 9.17) is 4.74 Å². The number of ether oxygens (including phenoxy) is 1. The molecule has 32 heavy (non-hydrogen) atoms. The van der Waals surface area contributed by atoms with E-state index in [9.17, 15) is 14.9 Å². The van der Waals surface area contributed by atoms with Gasteiger partial charge in [0, 0.05) is 11.7 Å². The first-order chi connectivity index (χ1) is 15.5. The highest BCUT2D eigenvalue weighted by atomic mass is 32.2. The van der Waals surface area contributed by atoms with Gasteiger partial charge in [0.15, 0.2) is 0 Å². The van der Waals surface area contributed by atoms with E-state index in [2.05, 4.69) is 29.6 Å². The third-order valence-electron chi connectivity index (χ3n) is 5.67. The molecule has 6 heteroatoms. The van der Waals surface area contributed by atoms with Crippen LogP contribution >= 0.6 is 11.8 Å². The summed E-state index contributed by atoms with van der Waals surface area (Å²) in [5.74, 6) is -2.34. The molecule has 3 aromatic rings. The third-order valence-corrected chi connectivity index (χ3v) is 6.74. The molecule has 1 N–H and O–H groups in total. The van der Waals surface area contributed by atoms with E-state index in [-0.39, 0.29) is 0 Å². The van der Waals surface area contributed by atoms with Crippen molar-refractivity contribution in [3.8, 4) is 6.07 Å². The van der Waals surface area contributed by atoms with Crippen LogP contribution in [0.1, 0.15) is 22.6 Å². The van der Waals surface area contributed by atoms with Gasteiger partial charge in [0.1, 0.15) is 5.92 Å². The van der Waals surface area contributed by atoms with Gasteiger partial charge >= 0.3 is 5.97 Å². The highest BCUT2D eigenvalue weighted by molar-refractivity contribution is 8.02. The molecule has 5 nitrogen and oxygen atoms in total. The zero-order valence-electron chi connectivity index (χ0n) is 17.8. The average Bonchev–Trinajstić information content (AvgIpc) is 2.82. The van der Waals surface area contributed by atoms with E-state index in [0.717, 1.165) is 27.5 Å². The fourth-order valence-corrected chi connectivity index (χ4v) is 5.07. The number of hydrogen-bond acceptors (Lipinski definition) is 5. The Hall–Kier alpha value is -3.56. The molecule has 1 aliphatic rings. The fourth-order valence-electron chi connectivity index (χ4n) is 4.02. The molecule has 160 valence electrons. The van der Waals surface area contributed by atoms with Crippen molar-refractivity contribution in [1.29, 1.82) is 5.26 Å². The number of thioether (sulfide) groups is 1. The number of nitrogens with zero attached hydrogens (tertiary/aromatic N) is 1. The Morgan fingerprint density at radius 2 is 1.81 bits per heavy atom. The molecule has 2 unspecified atom stereocenters. The van der Waals surface area contributed by atoms with Crippen molar-refractivity contribution in [1.82, 2.24) is 5.32 Å². The van der Waals surface area contributed by atoms with Gasteiger partial charge in [-0.1, -0.05) is 72.3 Å². The van der Waals surface area contributed by atoms with Gasteiger partial charge in [-0.05, 0) is 28.8 Å². The van der Waals surface area contributed by atoms with Crippen LogP contribution < -0.4 is 5.32 Å². The predicted molar refractivity (Wildman–Crippen MR) is 125 cm³/mol. The number of fused-ring (bicyclic) bond motifs is 1. The molecule has 4 rings (SSSR count). The third kappa shape index (κ3) is 4.12. The number of esters is 1. The van der Waals surface area contributed by atoms with Crippen molar-refractivity contribution >= 4 is 34.4 Å². The van der Waals surface area contributed by atoms with Gasteiger partial charge in [-0.25, -0.2) is 0 Å². The lowest BCUT2D eigenvalue weighted by atomic mass is 9.78. The highest BCUT2D eigenvalue weighted by Gasteiger charge is 2.44. The summed E-state index contributed by atoms with van der Waals surface area (Å²) in [6.45, 7) is 1.96. The van der Waals surface area contributed by atoms with Crippen molar-refractivity contribution in [2.75, 3.05) is 7.11 Å². The molecule has 0 radical (unpaired) electrons. The largest absolute Gasteiger partial charge is 0.468 e. The number of amides is 1. The molecule has 0 bridgehead atoms. The first-order valence-corrected chi connectivity index (χ1v) is 11.2. The molecule has 1 amide bonds. The summed E-state index contributed by atoms with van der Waals surface area (Å²) in [6, 6.07) is 24.0. The van der Waals surface area contributed by atoms with Crippen molar-refractivity contribution in [2.45, 2.75) is 18.6 Å². The molecule has 0 aliphatic carbocycles. The Kier molecular flexibility index (Phi) is 6.29. The van der Waals surface area contributed by atoms with E-state index < -0.39 is 23.7 Å². The van der Waals surface area contributed by atoms with Crippen LogP contribution in [0.4, 0.5) is 0 Å². The molecular formula is C26H22N2O3S. The minimum absolute atomic E-state index is 0.370. The number of carbonyl (C=O) groups excluding carboxylic acids is 2. The van der Waals surface area contributed by atoms with Crippen molar-refractivity contribution < 1.29 is 14.3 Å². The van der Waals surface area contributed by atoms with Gasteiger partial charge < -0.3 is 10.1 Å². The number of aryl methyl sites for hydroxylation is 1. The molecule has 0 spiro atoms. The van der Waals surface area contributed by atoms with Crippen molar-refractivity contribution in [2.24, 2.45) is 5.92 Å². The van der Waals surface area contributed by atoms with Crippen LogP contribution in [-0.4, -0.2) is 19.0 Å². The Bertz CT molecular complexity index is 1250. The monoisotopic (exact) mass is 442 g/mol. The summed E-state index contributed by atoms with van der Waals surface area (Å²) in [5.41, 5.74) is 3.26. The van der Waals surface area contributed by atoms with Crippen LogP contribution in [0.15, 0.2) is 77.3 Å². The van der Waals surface area contributed by atoms with Gasteiger partial charge in [0.2, 0.25) is 5.91 Å². The van der Waals surface area contributed by atoms with Crippen LogP contribution in [0.25, 0.3) is 10.8 Å². The van der Waals surface area contributed by atoms with Gasteiger partial charge in [0.05, 0.1) is 23.8 Å². The summed E-state index contributed by atoms with van der Waals surface area (Å²) in [6.07, 6.45) is 0. The zero-order valence-corrected chi connectivity index (χ0v) is 18.6. The Balaban J connectivity index is 1.74. The first kappa shape index (κ1) is 21.7. The lowest BCUT2D eigenvalue weighted by Crippen LogP contribution is -2.44. The summed E-state index contributed by atoms with van der Waals surface area (Å²) >= 11 is 1.40. The zero-order chi connectivity index (χ0) is 22.7. The Morgan fingerprint density at radius 1 is 1.09 bits per heavy atom. The Morgan fingerprint density at radius 3 is 2.53 bits per heavy atom. The maximum atomic E-state index is 13.0. The van der Waals surface area contributed by atoms with Crippen LogP contribution in [0.3, 0.4) is 0 Å². The maximum Gasteiger partial charge on any atom is 0.319 e. The number of hydrogen-bond donors (Lipinski definition) is 1. The SMILES string of the molecule is COC(=O)C1C(=O)NC(SCc2cccc3ccccc23)=C(C#N)C1c1ccc(C)cc1. The molecule has 0 aromatic heterocycles. The predicted octanol–water partition coefficient (Wildman–Crippen LogP) is 4.82. The number of benzene rings is 3. The fraction of sp³-hybridized carbons (Fsp3) is 0.192. The number of carbonyl (C=O) groups is 2. The van der Waals surface area contributed by atoms with E-state index in [0.29, 0.717) is 16.4 Å². The number of rotatable bonds is 5. The molecule has 0 saturated carbocycles. The molecule has 1 aliphatic heterocycles.